The molecule has 0 radical (unpaired) electrons. The van der Waals surface area contributed by atoms with Gasteiger partial charge in [0.25, 0.3) is 0 Å². The summed E-state index contributed by atoms with van der Waals surface area (Å²) < 4.78 is 0. The van der Waals surface area contributed by atoms with Crippen molar-refractivity contribution in [1.82, 2.24) is 24.7 Å². The van der Waals surface area contributed by atoms with Crippen LogP contribution in [0.4, 0.5) is 15.7 Å². The van der Waals surface area contributed by atoms with Crippen LogP contribution in [0.2, 0.25) is 0 Å². The number of carbonyl (C=O) groups excluding carboxylic acids is 2. The van der Waals surface area contributed by atoms with Crippen LogP contribution in [0.3, 0.4) is 0 Å². The van der Waals surface area contributed by atoms with Crippen LogP contribution in [0, 0.1) is 0 Å². The maximum absolute atomic E-state index is 13.2. The highest BCUT2D eigenvalue weighted by Gasteiger charge is 2.28. The van der Waals surface area contributed by atoms with Crippen LogP contribution >= 0.6 is 11.3 Å². The molecule has 0 spiro atoms. The molecule has 0 unspecified atom stereocenters. The number of hydrogen-bond acceptors (Lipinski definition) is 7. The standard InChI is InChI=1S/C32H35N7O2S/c40-29(37-17-19-38(20-18-37)30(25-9-3-1-4-10-25)26-11-5-2-6-12-26)23-27-24-42-31(34-27)35-32(41)39-21-15-36(16-22-39)28-13-7-8-14-33-28/h1-14,24,30H,15-23H2,(H,34,35,41). The molecule has 2 fully saturated rings. The van der Waals surface area contributed by atoms with Gasteiger partial charge in [-0.15, -0.1) is 11.3 Å². The van der Waals surface area contributed by atoms with Crippen LogP contribution in [0.1, 0.15) is 22.9 Å². The molecule has 9 nitrogen and oxygen atoms in total. The lowest BCUT2D eigenvalue weighted by Gasteiger charge is -2.39. The van der Waals surface area contributed by atoms with Crippen LogP contribution < -0.4 is 10.2 Å². The zero-order chi connectivity index (χ0) is 28.7. The lowest BCUT2D eigenvalue weighted by Crippen LogP contribution is -2.50. The van der Waals surface area contributed by atoms with Crippen molar-refractivity contribution in [3.05, 3.63) is 107 Å². The fourth-order valence-corrected chi connectivity index (χ4v) is 6.38. The Bertz CT molecular complexity index is 1410. The molecule has 2 aliphatic heterocycles. The van der Waals surface area contributed by atoms with E-state index < -0.39 is 0 Å². The molecule has 0 aliphatic carbocycles. The highest BCUT2D eigenvalue weighted by molar-refractivity contribution is 7.13. The van der Waals surface area contributed by atoms with Crippen molar-refractivity contribution in [2.45, 2.75) is 12.5 Å². The molecule has 0 bridgehead atoms. The number of benzene rings is 2. The Hall–Kier alpha value is -4.28. The van der Waals surface area contributed by atoms with E-state index in [-0.39, 0.29) is 24.4 Å². The number of rotatable bonds is 7. The molecule has 3 amide bonds. The van der Waals surface area contributed by atoms with Crippen molar-refractivity contribution < 1.29 is 9.59 Å². The molecule has 216 valence electrons. The van der Waals surface area contributed by atoms with Gasteiger partial charge in [0.2, 0.25) is 5.91 Å². The zero-order valence-corrected chi connectivity index (χ0v) is 24.3. The van der Waals surface area contributed by atoms with E-state index >= 15 is 0 Å². The Morgan fingerprint density at radius 1 is 0.762 bits per heavy atom. The van der Waals surface area contributed by atoms with Gasteiger partial charge >= 0.3 is 6.03 Å². The van der Waals surface area contributed by atoms with E-state index in [0.29, 0.717) is 37.0 Å². The van der Waals surface area contributed by atoms with Gasteiger partial charge in [-0.25, -0.2) is 14.8 Å². The number of amides is 3. The minimum atomic E-state index is -0.162. The summed E-state index contributed by atoms with van der Waals surface area (Å²) in [5.74, 6) is 1.000. The molecule has 4 heterocycles. The van der Waals surface area contributed by atoms with Crippen LogP contribution in [0.15, 0.2) is 90.4 Å². The summed E-state index contributed by atoms with van der Waals surface area (Å²) >= 11 is 1.36. The molecule has 4 aromatic rings. The number of hydrogen-bond donors (Lipinski definition) is 1. The minimum absolute atomic E-state index is 0.0689. The predicted molar refractivity (Wildman–Crippen MR) is 166 cm³/mol. The molecule has 0 atom stereocenters. The monoisotopic (exact) mass is 581 g/mol. The smallest absolute Gasteiger partial charge is 0.323 e. The second kappa shape index (κ2) is 13.1. The Morgan fingerprint density at radius 3 is 2.00 bits per heavy atom. The third kappa shape index (κ3) is 6.61. The van der Waals surface area contributed by atoms with Crippen LogP contribution in [-0.2, 0) is 11.2 Å². The van der Waals surface area contributed by atoms with E-state index in [1.165, 1.54) is 22.5 Å². The predicted octanol–water partition coefficient (Wildman–Crippen LogP) is 4.37. The van der Waals surface area contributed by atoms with Gasteiger partial charge in [-0.2, -0.15) is 0 Å². The number of nitrogens with one attached hydrogen (secondary N) is 1. The topological polar surface area (TPSA) is 84.9 Å². The van der Waals surface area contributed by atoms with Gasteiger partial charge in [0, 0.05) is 63.9 Å². The van der Waals surface area contributed by atoms with Crippen molar-refractivity contribution in [2.24, 2.45) is 0 Å². The van der Waals surface area contributed by atoms with Crippen molar-refractivity contribution in [1.29, 1.82) is 0 Å². The second-order valence-corrected chi connectivity index (χ2v) is 11.4. The lowest BCUT2D eigenvalue weighted by molar-refractivity contribution is -0.132. The molecule has 42 heavy (non-hydrogen) atoms. The summed E-state index contributed by atoms with van der Waals surface area (Å²) in [5.41, 5.74) is 3.21. The molecule has 10 heteroatoms. The molecule has 1 N–H and O–H groups in total. The highest BCUT2D eigenvalue weighted by Crippen LogP contribution is 2.29. The van der Waals surface area contributed by atoms with Gasteiger partial charge in [-0.1, -0.05) is 66.7 Å². The third-order valence-corrected chi connectivity index (χ3v) is 8.71. The van der Waals surface area contributed by atoms with E-state index in [2.05, 4.69) is 73.6 Å². The molecule has 2 aliphatic rings. The van der Waals surface area contributed by atoms with Crippen LogP contribution in [0.25, 0.3) is 0 Å². The normalized spacial score (nSPS) is 16.1. The number of carbonyl (C=O) groups is 2. The highest BCUT2D eigenvalue weighted by atomic mass is 32.1. The van der Waals surface area contributed by atoms with E-state index in [1.807, 2.05) is 40.6 Å². The quantitative estimate of drug-likeness (QED) is 0.349. The fraction of sp³-hybridized carbons (Fsp3) is 0.312. The van der Waals surface area contributed by atoms with E-state index in [9.17, 15) is 9.59 Å². The van der Waals surface area contributed by atoms with Crippen molar-refractivity contribution in [2.75, 3.05) is 62.6 Å². The van der Waals surface area contributed by atoms with Crippen LogP contribution in [-0.4, -0.2) is 89.0 Å². The maximum atomic E-state index is 13.2. The molecule has 2 aromatic carbocycles. The van der Waals surface area contributed by atoms with Crippen molar-refractivity contribution in [3.8, 4) is 0 Å². The number of nitrogens with zero attached hydrogens (tertiary/aromatic N) is 6. The SMILES string of the molecule is O=C(Cc1csc(NC(=O)N2CCN(c3ccccn3)CC2)n1)N1CCN(C(c2ccccc2)c2ccccc2)CC1. The Morgan fingerprint density at radius 2 is 1.38 bits per heavy atom. The Balaban J connectivity index is 0.992. The first kappa shape index (κ1) is 27.9. The summed E-state index contributed by atoms with van der Waals surface area (Å²) in [6, 6.07) is 27.0. The second-order valence-electron chi connectivity index (χ2n) is 10.6. The third-order valence-electron chi connectivity index (χ3n) is 7.90. The van der Waals surface area contributed by atoms with E-state index in [0.717, 1.165) is 32.0 Å². The molecule has 2 aromatic heterocycles. The summed E-state index contributed by atoms with van der Waals surface area (Å²) in [4.78, 5) is 43.3. The van der Waals surface area contributed by atoms with Gasteiger partial charge < -0.3 is 14.7 Å². The lowest BCUT2D eigenvalue weighted by atomic mass is 9.96. The molecular formula is C32H35N7O2S. The Kier molecular flexibility index (Phi) is 8.72. The largest absolute Gasteiger partial charge is 0.353 e. The van der Waals surface area contributed by atoms with Gasteiger partial charge in [-0.05, 0) is 23.3 Å². The number of thiazole rings is 1. The summed E-state index contributed by atoms with van der Waals surface area (Å²) in [7, 11) is 0. The molecular weight excluding hydrogens is 546 g/mol. The fourth-order valence-electron chi connectivity index (χ4n) is 5.68. The van der Waals surface area contributed by atoms with E-state index in [4.69, 9.17) is 0 Å². The van der Waals surface area contributed by atoms with Crippen molar-refractivity contribution in [3.63, 3.8) is 0 Å². The Labute approximate surface area is 250 Å². The number of aromatic nitrogens is 2. The first-order valence-electron chi connectivity index (χ1n) is 14.4. The number of urea groups is 1. The minimum Gasteiger partial charge on any atom is -0.353 e. The first-order valence-corrected chi connectivity index (χ1v) is 15.3. The van der Waals surface area contributed by atoms with Gasteiger partial charge in [-0.3, -0.25) is 15.0 Å². The zero-order valence-electron chi connectivity index (χ0n) is 23.5. The summed E-state index contributed by atoms with van der Waals surface area (Å²) in [6.07, 6.45) is 2.02. The summed E-state index contributed by atoms with van der Waals surface area (Å²) in [5, 5.41) is 5.30. The molecule has 6 rings (SSSR count). The van der Waals surface area contributed by atoms with Gasteiger partial charge in [0.1, 0.15) is 5.82 Å². The molecule has 0 saturated carbocycles. The number of anilines is 2. The van der Waals surface area contributed by atoms with Gasteiger partial charge in [0.05, 0.1) is 18.2 Å². The number of piperazine rings is 2. The molecule has 2 saturated heterocycles. The van der Waals surface area contributed by atoms with Gasteiger partial charge in [0.15, 0.2) is 5.13 Å². The first-order chi connectivity index (χ1) is 20.6. The summed E-state index contributed by atoms with van der Waals surface area (Å²) in [6.45, 7) is 5.62. The average molecular weight is 582 g/mol. The average Bonchev–Trinajstić information content (AvgIpc) is 3.49. The number of pyridine rings is 1. The maximum Gasteiger partial charge on any atom is 0.323 e. The van der Waals surface area contributed by atoms with Crippen molar-refractivity contribution >= 4 is 34.2 Å². The van der Waals surface area contributed by atoms with E-state index in [1.54, 1.807) is 11.1 Å². The van der Waals surface area contributed by atoms with Crippen LogP contribution in [0.5, 0.6) is 0 Å².